The van der Waals surface area contributed by atoms with Gasteiger partial charge >= 0.3 is 0 Å². The minimum atomic E-state index is -3.30. The van der Waals surface area contributed by atoms with Crippen LogP contribution < -0.4 is 5.14 Å². The smallest absolute Gasteiger partial charge is 0.209 e. The number of hydrogen-bond donors (Lipinski definition) is 1. The van der Waals surface area contributed by atoms with Gasteiger partial charge in [0.15, 0.2) is 0 Å². The summed E-state index contributed by atoms with van der Waals surface area (Å²) in [6.07, 6.45) is 6.77. The standard InChI is InChI=1S/C9H19NO2S/c1-9(8-13(10,11)12)6-4-2-3-5-7-9/h2-8H2,1H3,(H2,10,11,12). The third-order valence-electron chi connectivity index (χ3n) is 2.86. The van der Waals surface area contributed by atoms with Gasteiger partial charge < -0.3 is 0 Å². The van der Waals surface area contributed by atoms with Gasteiger partial charge in [-0.2, -0.15) is 0 Å². The van der Waals surface area contributed by atoms with Crippen LogP contribution in [0.15, 0.2) is 0 Å². The Morgan fingerprint density at radius 2 is 1.62 bits per heavy atom. The maximum Gasteiger partial charge on any atom is 0.209 e. The first-order valence-electron chi connectivity index (χ1n) is 4.92. The Balaban J connectivity index is 2.62. The minimum Gasteiger partial charge on any atom is -0.229 e. The zero-order valence-electron chi connectivity index (χ0n) is 8.25. The predicted octanol–water partition coefficient (Wildman–Crippen LogP) is 1.64. The summed E-state index contributed by atoms with van der Waals surface area (Å²) in [5.74, 6) is 0.153. The zero-order chi connectivity index (χ0) is 9.95. The van der Waals surface area contributed by atoms with Crippen LogP contribution in [0.5, 0.6) is 0 Å². The fourth-order valence-corrected chi connectivity index (χ4v) is 3.47. The fraction of sp³-hybridized carbons (Fsp3) is 1.00. The fourth-order valence-electron chi connectivity index (χ4n) is 2.21. The molecule has 0 radical (unpaired) electrons. The minimum absolute atomic E-state index is 0.0654. The molecule has 0 aliphatic heterocycles. The average molecular weight is 205 g/mol. The van der Waals surface area contributed by atoms with Crippen LogP contribution in [0.25, 0.3) is 0 Å². The van der Waals surface area contributed by atoms with Crippen molar-refractivity contribution in [1.29, 1.82) is 0 Å². The van der Waals surface area contributed by atoms with Gasteiger partial charge in [0, 0.05) is 0 Å². The third-order valence-corrected chi connectivity index (χ3v) is 3.96. The van der Waals surface area contributed by atoms with Crippen LogP contribution >= 0.6 is 0 Å². The Morgan fingerprint density at radius 3 is 2.00 bits per heavy atom. The van der Waals surface area contributed by atoms with Gasteiger partial charge in [0.25, 0.3) is 0 Å². The lowest BCUT2D eigenvalue weighted by molar-refractivity contribution is 0.316. The lowest BCUT2D eigenvalue weighted by atomic mass is 9.85. The summed E-state index contributed by atoms with van der Waals surface area (Å²) in [5.41, 5.74) is -0.0654. The Kier molecular flexibility index (Phi) is 3.35. The second kappa shape index (κ2) is 3.96. The summed E-state index contributed by atoms with van der Waals surface area (Å²) in [5, 5.41) is 5.07. The monoisotopic (exact) mass is 205 g/mol. The molecule has 0 heterocycles. The van der Waals surface area contributed by atoms with Crippen molar-refractivity contribution in [2.75, 3.05) is 5.75 Å². The van der Waals surface area contributed by atoms with Gasteiger partial charge in [0.1, 0.15) is 0 Å². The molecule has 1 saturated carbocycles. The summed E-state index contributed by atoms with van der Waals surface area (Å²) in [6, 6.07) is 0. The predicted molar refractivity (Wildman–Crippen MR) is 53.8 cm³/mol. The number of hydrogen-bond acceptors (Lipinski definition) is 2. The van der Waals surface area contributed by atoms with E-state index in [9.17, 15) is 8.42 Å². The van der Waals surface area contributed by atoms with Gasteiger partial charge in [-0.1, -0.05) is 32.6 Å². The first-order valence-corrected chi connectivity index (χ1v) is 6.63. The number of rotatable bonds is 2. The summed E-state index contributed by atoms with van der Waals surface area (Å²) in [7, 11) is -3.30. The van der Waals surface area contributed by atoms with Crippen LogP contribution in [-0.4, -0.2) is 14.2 Å². The molecule has 2 N–H and O–H groups in total. The topological polar surface area (TPSA) is 60.2 Å². The van der Waals surface area contributed by atoms with E-state index in [1.54, 1.807) is 0 Å². The third kappa shape index (κ3) is 4.09. The highest BCUT2D eigenvalue weighted by Gasteiger charge is 2.29. The SMILES string of the molecule is CC1(CS(N)(=O)=O)CCCCCC1. The van der Waals surface area contributed by atoms with Crippen molar-refractivity contribution in [3.8, 4) is 0 Å². The summed E-state index contributed by atoms with van der Waals surface area (Å²) < 4.78 is 22.0. The van der Waals surface area contributed by atoms with E-state index >= 15 is 0 Å². The molecule has 78 valence electrons. The molecule has 0 saturated heterocycles. The molecule has 0 aromatic rings. The van der Waals surface area contributed by atoms with Crippen molar-refractivity contribution in [1.82, 2.24) is 0 Å². The molecule has 4 heteroatoms. The van der Waals surface area contributed by atoms with Crippen LogP contribution in [0.1, 0.15) is 45.4 Å². The Bertz CT molecular complexity index is 251. The van der Waals surface area contributed by atoms with Gasteiger partial charge in [0.2, 0.25) is 10.0 Å². The quantitative estimate of drug-likeness (QED) is 0.697. The van der Waals surface area contributed by atoms with Gasteiger partial charge in [-0.05, 0) is 18.3 Å². The Morgan fingerprint density at radius 1 is 1.15 bits per heavy atom. The van der Waals surface area contributed by atoms with Crippen LogP contribution in [0.2, 0.25) is 0 Å². The van der Waals surface area contributed by atoms with Crippen LogP contribution in [-0.2, 0) is 10.0 Å². The van der Waals surface area contributed by atoms with E-state index in [1.165, 1.54) is 12.8 Å². The molecular weight excluding hydrogens is 186 g/mol. The molecule has 0 aromatic carbocycles. The molecule has 0 unspecified atom stereocenters. The van der Waals surface area contributed by atoms with E-state index in [0.29, 0.717) is 0 Å². The Hall–Kier alpha value is -0.0900. The first kappa shape index (κ1) is 11.0. The van der Waals surface area contributed by atoms with Crippen LogP contribution in [0.3, 0.4) is 0 Å². The lowest BCUT2D eigenvalue weighted by Crippen LogP contribution is -2.30. The molecular formula is C9H19NO2S. The highest BCUT2D eigenvalue weighted by Crippen LogP contribution is 2.35. The second-order valence-corrected chi connectivity index (χ2v) is 6.15. The molecule has 0 spiro atoms. The first-order chi connectivity index (χ1) is 5.91. The van der Waals surface area contributed by atoms with Crippen molar-refractivity contribution in [2.24, 2.45) is 10.6 Å². The van der Waals surface area contributed by atoms with Gasteiger partial charge in [-0.25, -0.2) is 13.6 Å². The lowest BCUT2D eigenvalue weighted by Gasteiger charge is -2.26. The van der Waals surface area contributed by atoms with Gasteiger partial charge in [-0.15, -0.1) is 0 Å². The van der Waals surface area contributed by atoms with E-state index in [4.69, 9.17) is 5.14 Å². The molecule has 13 heavy (non-hydrogen) atoms. The largest absolute Gasteiger partial charge is 0.229 e. The molecule has 1 aliphatic carbocycles. The number of sulfonamides is 1. The molecule has 0 atom stereocenters. The second-order valence-electron chi connectivity index (χ2n) is 4.53. The number of primary sulfonamides is 1. The van der Waals surface area contributed by atoms with Crippen molar-refractivity contribution in [2.45, 2.75) is 45.4 Å². The highest BCUT2D eigenvalue weighted by molar-refractivity contribution is 7.89. The Labute approximate surface area is 80.8 Å². The highest BCUT2D eigenvalue weighted by atomic mass is 32.2. The number of nitrogens with two attached hydrogens (primary N) is 1. The van der Waals surface area contributed by atoms with Crippen molar-refractivity contribution < 1.29 is 8.42 Å². The molecule has 0 bridgehead atoms. The van der Waals surface area contributed by atoms with Gasteiger partial charge in [0.05, 0.1) is 5.75 Å². The summed E-state index contributed by atoms with van der Waals surface area (Å²) >= 11 is 0. The molecule has 1 rings (SSSR count). The molecule has 1 aliphatic rings. The molecule has 3 nitrogen and oxygen atoms in total. The maximum atomic E-state index is 11.0. The van der Waals surface area contributed by atoms with Crippen molar-refractivity contribution in [3.05, 3.63) is 0 Å². The van der Waals surface area contributed by atoms with Crippen LogP contribution in [0, 0.1) is 5.41 Å². The average Bonchev–Trinajstić information content (AvgIpc) is 2.09. The normalized spacial score (nSPS) is 23.8. The molecule has 0 aromatic heterocycles. The molecule has 1 fully saturated rings. The van der Waals surface area contributed by atoms with Crippen molar-refractivity contribution in [3.63, 3.8) is 0 Å². The van der Waals surface area contributed by atoms with E-state index < -0.39 is 10.0 Å². The van der Waals surface area contributed by atoms with Gasteiger partial charge in [-0.3, -0.25) is 0 Å². The molecule has 0 amide bonds. The van der Waals surface area contributed by atoms with E-state index in [1.807, 2.05) is 6.92 Å². The maximum absolute atomic E-state index is 11.0. The summed E-state index contributed by atoms with van der Waals surface area (Å²) in [6.45, 7) is 2.04. The van der Waals surface area contributed by atoms with E-state index in [0.717, 1.165) is 25.7 Å². The van der Waals surface area contributed by atoms with Crippen LogP contribution in [0.4, 0.5) is 0 Å². The van der Waals surface area contributed by atoms with E-state index in [2.05, 4.69) is 0 Å². The van der Waals surface area contributed by atoms with E-state index in [-0.39, 0.29) is 11.2 Å². The van der Waals surface area contributed by atoms with Crippen molar-refractivity contribution >= 4 is 10.0 Å². The zero-order valence-corrected chi connectivity index (χ0v) is 9.07. The summed E-state index contributed by atoms with van der Waals surface area (Å²) in [4.78, 5) is 0.